The van der Waals surface area contributed by atoms with Crippen molar-refractivity contribution in [3.63, 3.8) is 0 Å². The number of aliphatic carboxylic acids is 3. The van der Waals surface area contributed by atoms with E-state index in [0.29, 0.717) is 55.3 Å². The summed E-state index contributed by atoms with van der Waals surface area (Å²) in [5.74, 6) is -4.74. The zero-order valence-corrected chi connectivity index (χ0v) is 45.8. The molecule has 0 aromatic heterocycles. The van der Waals surface area contributed by atoms with E-state index in [1.807, 2.05) is 25.0 Å². The van der Waals surface area contributed by atoms with E-state index in [1.165, 1.54) is 23.5 Å². The molecule has 2 aliphatic rings. The number of ketones is 3. The zero-order valence-electron chi connectivity index (χ0n) is 41.9. The van der Waals surface area contributed by atoms with Gasteiger partial charge in [0.25, 0.3) is 0 Å². The Balaban J connectivity index is 0.0000178. The van der Waals surface area contributed by atoms with Crippen LogP contribution in [0.25, 0.3) is 0 Å². The number of nitrogens with one attached hydrogen (secondary N) is 5. The van der Waals surface area contributed by atoms with E-state index in [9.17, 15) is 58.5 Å². The van der Waals surface area contributed by atoms with Gasteiger partial charge in [-0.2, -0.15) is 23.5 Å². The molecule has 24 heteroatoms. The molecule has 1 aromatic carbocycles. The molecule has 8 N–H and O–H groups in total. The summed E-state index contributed by atoms with van der Waals surface area (Å²) in [5.41, 5.74) is 1.72. The second-order valence-corrected chi connectivity index (χ2v) is 20.6. The average Bonchev–Trinajstić information content (AvgIpc) is 3.58. The van der Waals surface area contributed by atoms with Gasteiger partial charge in [0.2, 0.25) is 11.8 Å². The molecule has 2 fully saturated rings. The van der Waals surface area contributed by atoms with Crippen LogP contribution in [0.3, 0.4) is 0 Å². The van der Waals surface area contributed by atoms with Crippen molar-refractivity contribution in [2.24, 2.45) is 17.8 Å². The van der Waals surface area contributed by atoms with Crippen LogP contribution in [-0.4, -0.2) is 208 Å². The fraction of sp³-hybridized carbons (Fsp3) is 0.667. The van der Waals surface area contributed by atoms with E-state index >= 15 is 0 Å². The fourth-order valence-corrected chi connectivity index (χ4v) is 9.99. The third-order valence-corrected chi connectivity index (χ3v) is 14.6. The van der Waals surface area contributed by atoms with Gasteiger partial charge in [-0.15, -0.1) is 0 Å². The number of carbonyl (C=O) groups excluding carboxylic acids is 6. The minimum atomic E-state index is -1.05. The van der Waals surface area contributed by atoms with E-state index in [2.05, 4.69) is 21.3 Å². The van der Waals surface area contributed by atoms with E-state index < -0.39 is 47.1 Å². The number of Topliss-reactive ketones (excluding diaryl/α,β-unsaturated/α-hetero) is 3. The second-order valence-electron chi connectivity index (χ2n) is 18.3. The molecule has 1 aliphatic heterocycles. The Kier molecular flexibility index (Phi) is 31.2. The van der Waals surface area contributed by atoms with Crippen LogP contribution in [0, 0.1) is 63.1 Å². The molecule has 3 rings (SSSR count). The van der Waals surface area contributed by atoms with Crippen molar-refractivity contribution in [1.29, 1.82) is 5.41 Å². The van der Waals surface area contributed by atoms with Crippen molar-refractivity contribution >= 4 is 88.0 Å². The van der Waals surface area contributed by atoms with E-state index in [-0.39, 0.29) is 173 Å². The first-order valence-electron chi connectivity index (χ1n) is 24.3. The summed E-state index contributed by atoms with van der Waals surface area (Å²) < 4.78 is 0. The number of carbonyl (C=O) groups is 9. The van der Waals surface area contributed by atoms with E-state index in [4.69, 9.17) is 5.41 Å². The molecule has 2 unspecified atom stereocenters. The summed E-state index contributed by atoms with van der Waals surface area (Å²) in [6.45, 7) is 7.10. The number of amides is 4. The van der Waals surface area contributed by atoms with Crippen molar-refractivity contribution in [2.75, 3.05) is 108 Å². The Morgan fingerprint density at radius 2 is 1.32 bits per heavy atom. The monoisotopic (exact) mass is 1190 g/mol. The van der Waals surface area contributed by atoms with E-state index in [1.54, 1.807) is 45.9 Å². The molecule has 72 heavy (non-hydrogen) atoms. The maximum absolute atomic E-state index is 13.8. The Labute approximate surface area is 463 Å². The molecule has 0 radical (unpaired) electrons. The van der Waals surface area contributed by atoms with Crippen LogP contribution in [0.5, 0.6) is 0 Å². The molecule has 1 aliphatic carbocycles. The number of hydrogen-bond donors (Lipinski definition) is 8. The van der Waals surface area contributed by atoms with Crippen LogP contribution in [0.15, 0.2) is 24.3 Å². The minimum absolute atomic E-state index is 0. The Morgan fingerprint density at radius 1 is 0.792 bits per heavy atom. The quantitative estimate of drug-likeness (QED) is 0.0324. The van der Waals surface area contributed by atoms with Crippen molar-refractivity contribution in [3.05, 3.63) is 29.8 Å². The molecule has 404 valence electrons. The molecule has 0 spiro atoms. The standard InChI is InChI=1S/C48H75N9O12S2.Gd/c1-5-32(2)37(47(68)50-14-12-36-39(58)26-41(46(36)67)71-23-6-7-33(3)49)25-40(59)38(13-24-70-4)53-48(69)52-35-10-8-34(9-11-35)27-51-42(60)28-54-15-17-55(29-43(61)62)19-21-57(31-45(65)66)22-20-56(18-16-54)30-44(63)64;/h8-11,32,36-38,41,49H,5-7,12-31H2,1-4H3,(H,50,68)(H,51,60)(H,61,62)(H,63,64)(H,65,66)(H2,52,53,69);/t32-,36?,37-,38-,41?;/m0./s1. The fourth-order valence-electron chi connectivity index (χ4n) is 8.31. The smallest absolute Gasteiger partial charge is 0.319 e. The number of benzene rings is 1. The summed E-state index contributed by atoms with van der Waals surface area (Å²) in [5, 5.41) is 46.9. The van der Waals surface area contributed by atoms with Gasteiger partial charge in [-0.3, -0.25) is 58.0 Å². The first kappa shape index (κ1) is 64.5. The Hall–Kier alpha value is -3.62. The number of rotatable bonds is 29. The first-order chi connectivity index (χ1) is 33.8. The number of urea groups is 1. The van der Waals surface area contributed by atoms with Crippen molar-refractivity contribution in [1.82, 2.24) is 35.6 Å². The van der Waals surface area contributed by atoms with Crippen molar-refractivity contribution in [3.8, 4) is 0 Å². The maximum atomic E-state index is 13.8. The van der Waals surface area contributed by atoms with Crippen molar-refractivity contribution in [2.45, 2.75) is 83.6 Å². The summed E-state index contributed by atoms with van der Waals surface area (Å²) in [4.78, 5) is 121. The molecular formula is C48H75GdN9O12S2. The van der Waals surface area contributed by atoms with Gasteiger partial charge < -0.3 is 42.0 Å². The normalized spacial score (nSPS) is 18.8. The van der Waals surface area contributed by atoms with Gasteiger partial charge in [-0.25, -0.2) is 4.79 Å². The number of hydrogen-bond acceptors (Lipinski definition) is 16. The second kappa shape index (κ2) is 34.8. The van der Waals surface area contributed by atoms with Crippen molar-refractivity contribution < 1.29 is 98.4 Å². The topological polar surface area (TPSA) is 299 Å². The van der Waals surface area contributed by atoms with Crippen LogP contribution in [0.1, 0.15) is 71.3 Å². The molecule has 1 saturated carbocycles. The minimum Gasteiger partial charge on any atom is -0.480 e. The molecule has 5 atom stereocenters. The molecule has 21 nitrogen and oxygen atoms in total. The molecule has 1 saturated heterocycles. The summed E-state index contributed by atoms with van der Waals surface area (Å²) >= 11 is 2.96. The van der Waals surface area contributed by atoms with Crippen LogP contribution in [0.2, 0.25) is 0 Å². The number of carboxylic acids is 3. The van der Waals surface area contributed by atoms with Gasteiger partial charge in [0.1, 0.15) is 5.78 Å². The number of anilines is 1. The number of thioether (sulfide) groups is 2. The summed E-state index contributed by atoms with van der Waals surface area (Å²) in [7, 11) is 0. The summed E-state index contributed by atoms with van der Waals surface area (Å²) in [6.07, 6.45) is 4.49. The predicted octanol–water partition coefficient (Wildman–Crippen LogP) is 2.23. The maximum Gasteiger partial charge on any atom is 0.319 e. The van der Waals surface area contributed by atoms with Crippen LogP contribution < -0.4 is 21.3 Å². The molecule has 0 bridgehead atoms. The van der Waals surface area contributed by atoms with Gasteiger partial charge in [-0.05, 0) is 74.0 Å². The van der Waals surface area contributed by atoms with Crippen LogP contribution >= 0.6 is 23.5 Å². The van der Waals surface area contributed by atoms with Gasteiger partial charge in [0.05, 0.1) is 43.4 Å². The Bertz CT molecular complexity index is 1950. The SMILES string of the molecule is CC[C@H](C)[C@H](CC(=O)[C@H](CCSC)NC(=O)Nc1ccc(CNC(=O)CN2CCN(CC(=O)O)CCN(CC(=O)O)CCN(CC(=O)O)CC2)cc1)C(=O)NCCC1C(=O)CC(SCCCC(C)=N)C1=O.[Gd]. The number of nitrogens with zero attached hydrogens (tertiary/aromatic N) is 4. The predicted molar refractivity (Wildman–Crippen MR) is 273 cm³/mol. The molecular weight excluding hydrogens is 1120 g/mol. The third-order valence-electron chi connectivity index (χ3n) is 12.7. The van der Waals surface area contributed by atoms with Gasteiger partial charge in [0, 0.05) is 136 Å². The third kappa shape index (κ3) is 25.1. The molecule has 1 heterocycles. The average molecular weight is 1190 g/mol. The van der Waals surface area contributed by atoms with Gasteiger partial charge in [0.15, 0.2) is 11.6 Å². The van der Waals surface area contributed by atoms with Gasteiger partial charge in [-0.1, -0.05) is 32.4 Å². The van der Waals surface area contributed by atoms with Crippen LogP contribution in [0.4, 0.5) is 10.5 Å². The first-order valence-corrected chi connectivity index (χ1v) is 26.7. The molecule has 1 aromatic rings. The molecule has 4 amide bonds. The van der Waals surface area contributed by atoms with Crippen LogP contribution in [-0.2, 0) is 44.9 Å². The number of carboxylic acid groups (broad SMARTS) is 3. The Morgan fingerprint density at radius 3 is 1.81 bits per heavy atom. The zero-order chi connectivity index (χ0) is 52.5. The van der Waals surface area contributed by atoms with Gasteiger partial charge >= 0.3 is 23.9 Å². The largest absolute Gasteiger partial charge is 0.480 e. The summed E-state index contributed by atoms with van der Waals surface area (Å²) in [6, 6.07) is 5.24. The van der Waals surface area contributed by atoms with E-state index in [0.717, 1.165) is 12.0 Å².